The number of nitrogens with two attached hydrogens (primary N) is 1. The average Bonchev–Trinajstić information content (AvgIpc) is 2.61. The van der Waals surface area contributed by atoms with Gasteiger partial charge in [-0.2, -0.15) is 0 Å². The van der Waals surface area contributed by atoms with Crippen molar-refractivity contribution in [1.29, 1.82) is 0 Å². The molecule has 0 saturated heterocycles. The van der Waals surface area contributed by atoms with Crippen LogP contribution in [0.3, 0.4) is 0 Å². The van der Waals surface area contributed by atoms with Crippen LogP contribution in [0.15, 0.2) is 66.7 Å². The molecule has 3 rings (SSSR count). The van der Waals surface area contributed by atoms with Gasteiger partial charge in [-0.05, 0) is 60.0 Å². The summed E-state index contributed by atoms with van der Waals surface area (Å²) in [4.78, 5) is 0. The van der Waals surface area contributed by atoms with Crippen LogP contribution in [0.25, 0.3) is 22.3 Å². The summed E-state index contributed by atoms with van der Waals surface area (Å²) in [5.41, 5.74) is 12.4. The van der Waals surface area contributed by atoms with Gasteiger partial charge in [0, 0.05) is 11.3 Å². The van der Waals surface area contributed by atoms with Crippen LogP contribution < -0.4 is 16.3 Å². The predicted octanol–water partition coefficient (Wildman–Crippen LogP) is 5.34. The average molecular weight is 365 g/mol. The van der Waals surface area contributed by atoms with Crippen LogP contribution in [0.2, 0.25) is 0 Å². The summed E-state index contributed by atoms with van der Waals surface area (Å²) >= 11 is 0. The van der Waals surface area contributed by atoms with E-state index in [0.717, 1.165) is 5.69 Å². The van der Waals surface area contributed by atoms with Gasteiger partial charge in [0.25, 0.3) is 0 Å². The van der Waals surface area contributed by atoms with Crippen molar-refractivity contribution < 1.29 is 0 Å². The van der Waals surface area contributed by atoms with Gasteiger partial charge in [0.2, 0.25) is 0 Å². The molecule has 0 bridgehead atoms. The zero-order valence-electron chi connectivity index (χ0n) is 15.3. The van der Waals surface area contributed by atoms with Crippen molar-refractivity contribution in [2.45, 2.75) is 0 Å². The lowest BCUT2D eigenvalue weighted by Gasteiger charge is -2.20. The fourth-order valence-corrected chi connectivity index (χ4v) is 5.37. The summed E-state index contributed by atoms with van der Waals surface area (Å²) in [6, 6.07) is 23.8. The summed E-state index contributed by atoms with van der Waals surface area (Å²) in [5, 5.41) is 2.83. The second kappa shape index (κ2) is 7.69. The molecule has 0 spiro atoms. The highest BCUT2D eigenvalue weighted by molar-refractivity contribution is 7.64. The molecule has 0 aliphatic carbocycles. The van der Waals surface area contributed by atoms with Crippen LogP contribution in [0.4, 0.5) is 5.69 Å². The third-order valence-corrected chi connectivity index (χ3v) is 7.14. The molecule has 0 atom stereocenters. The molecule has 1 nitrogen and oxygen atoms in total. The molecular formula is C22H25NP2. The van der Waals surface area contributed by atoms with E-state index in [1.807, 2.05) is 6.07 Å². The van der Waals surface area contributed by atoms with Crippen molar-refractivity contribution in [3.63, 3.8) is 0 Å². The summed E-state index contributed by atoms with van der Waals surface area (Å²) in [5.74, 6) is 0. The van der Waals surface area contributed by atoms with E-state index < -0.39 is 0 Å². The highest BCUT2D eigenvalue weighted by Crippen LogP contribution is 2.41. The van der Waals surface area contributed by atoms with Crippen LogP contribution in [0.5, 0.6) is 0 Å². The number of rotatable bonds is 4. The molecule has 0 saturated carbocycles. The molecule has 0 aliphatic rings. The smallest absolute Gasteiger partial charge is 0.0400 e. The number of anilines is 1. The van der Waals surface area contributed by atoms with Gasteiger partial charge in [-0.15, -0.1) is 0 Å². The highest BCUT2D eigenvalue weighted by atomic mass is 31.1. The Hall–Kier alpha value is -1.68. The summed E-state index contributed by atoms with van der Waals surface area (Å²) < 4.78 is 0. The van der Waals surface area contributed by atoms with E-state index in [1.165, 1.54) is 32.9 Å². The Bertz CT molecular complexity index is 885. The molecule has 0 aliphatic heterocycles. The molecule has 0 fully saturated rings. The van der Waals surface area contributed by atoms with Gasteiger partial charge >= 0.3 is 0 Å². The minimum absolute atomic E-state index is 0.188. The summed E-state index contributed by atoms with van der Waals surface area (Å²) in [7, 11) is -0.393. The van der Waals surface area contributed by atoms with E-state index in [4.69, 9.17) is 5.73 Å². The highest BCUT2D eigenvalue weighted by Gasteiger charge is 2.17. The third-order valence-electron chi connectivity index (χ3n) is 4.43. The monoisotopic (exact) mass is 365 g/mol. The summed E-state index contributed by atoms with van der Waals surface area (Å²) in [6.45, 7) is 9.23. The molecule has 2 N–H and O–H groups in total. The zero-order chi connectivity index (χ0) is 18.0. The molecule has 128 valence electrons. The minimum Gasteiger partial charge on any atom is -0.398 e. The maximum Gasteiger partial charge on any atom is 0.0400 e. The van der Waals surface area contributed by atoms with Crippen molar-refractivity contribution in [2.75, 3.05) is 32.4 Å². The molecular weight excluding hydrogens is 340 g/mol. The molecule has 0 radical (unpaired) electrons. The van der Waals surface area contributed by atoms with Crippen molar-refractivity contribution in [1.82, 2.24) is 0 Å². The lowest BCUT2D eigenvalue weighted by Crippen LogP contribution is -2.09. The quantitative estimate of drug-likeness (QED) is 0.490. The first kappa shape index (κ1) is 18.1. The van der Waals surface area contributed by atoms with E-state index in [1.54, 1.807) is 0 Å². The second-order valence-electron chi connectivity index (χ2n) is 6.59. The molecule has 0 aromatic heterocycles. The number of nitrogen functional groups attached to an aromatic ring is 1. The molecule has 0 heterocycles. The van der Waals surface area contributed by atoms with Gasteiger partial charge in [0.15, 0.2) is 0 Å². The molecule has 25 heavy (non-hydrogen) atoms. The van der Waals surface area contributed by atoms with Gasteiger partial charge < -0.3 is 5.73 Å². The molecule has 3 aromatic carbocycles. The number of benzene rings is 3. The maximum atomic E-state index is 6.50. The van der Waals surface area contributed by atoms with E-state index in [9.17, 15) is 0 Å². The molecule has 3 aromatic rings. The summed E-state index contributed by atoms with van der Waals surface area (Å²) in [6.07, 6.45) is 0. The first-order chi connectivity index (χ1) is 12.0. The first-order valence-corrected chi connectivity index (χ1v) is 12.9. The van der Waals surface area contributed by atoms with Gasteiger partial charge in [0.1, 0.15) is 0 Å². The third kappa shape index (κ3) is 3.64. The van der Waals surface area contributed by atoms with Gasteiger partial charge in [-0.3, -0.25) is 0 Å². The van der Waals surface area contributed by atoms with Gasteiger partial charge in [-0.25, -0.2) is 0 Å². The van der Waals surface area contributed by atoms with E-state index in [2.05, 4.69) is 87.3 Å². The van der Waals surface area contributed by atoms with Gasteiger partial charge in [-0.1, -0.05) is 76.5 Å². The Morgan fingerprint density at radius 3 is 1.64 bits per heavy atom. The molecule has 0 amide bonds. The largest absolute Gasteiger partial charge is 0.398 e. The van der Waals surface area contributed by atoms with Crippen molar-refractivity contribution in [2.24, 2.45) is 0 Å². The van der Waals surface area contributed by atoms with Crippen LogP contribution in [0, 0.1) is 0 Å². The van der Waals surface area contributed by atoms with E-state index >= 15 is 0 Å². The standard InChI is InChI=1S/C22H25NP2/c1-24(2)20-14-7-5-10-16(20)17-12-9-13-19(23)22(17)18-11-6-8-15-21(18)25(3)4/h5-15H,23H2,1-4H3. The Morgan fingerprint density at radius 2 is 1.04 bits per heavy atom. The fraction of sp³-hybridized carbons (Fsp3) is 0.182. The van der Waals surface area contributed by atoms with Crippen molar-refractivity contribution in [3.8, 4) is 22.3 Å². The predicted molar refractivity (Wildman–Crippen MR) is 119 cm³/mol. The zero-order valence-corrected chi connectivity index (χ0v) is 17.1. The normalized spacial score (nSPS) is 11.3. The van der Waals surface area contributed by atoms with Crippen LogP contribution in [-0.4, -0.2) is 26.7 Å². The number of hydrogen-bond acceptors (Lipinski definition) is 1. The Labute approximate surface area is 153 Å². The van der Waals surface area contributed by atoms with Crippen LogP contribution in [0.1, 0.15) is 0 Å². The van der Waals surface area contributed by atoms with Crippen LogP contribution in [-0.2, 0) is 0 Å². The Balaban J connectivity index is 2.32. The SMILES string of the molecule is CP(C)c1ccccc1-c1cccc(N)c1-c1ccccc1P(C)C. The topological polar surface area (TPSA) is 26.0 Å². The number of hydrogen-bond donors (Lipinski definition) is 1. The maximum absolute atomic E-state index is 6.50. The first-order valence-electron chi connectivity index (χ1n) is 8.42. The second-order valence-corrected chi connectivity index (χ2v) is 11.1. The van der Waals surface area contributed by atoms with Gasteiger partial charge in [0.05, 0.1) is 0 Å². The fourth-order valence-electron chi connectivity index (χ4n) is 3.26. The minimum atomic E-state index is -0.205. The van der Waals surface area contributed by atoms with Crippen molar-refractivity contribution >= 4 is 32.1 Å². The van der Waals surface area contributed by atoms with Crippen LogP contribution >= 0.6 is 15.8 Å². The van der Waals surface area contributed by atoms with Crippen molar-refractivity contribution in [3.05, 3.63) is 66.7 Å². The lowest BCUT2D eigenvalue weighted by molar-refractivity contribution is 1.60. The van der Waals surface area contributed by atoms with E-state index in [0.29, 0.717) is 0 Å². The lowest BCUT2D eigenvalue weighted by atomic mass is 9.93. The molecule has 3 heteroatoms. The molecule has 0 unspecified atom stereocenters. The van der Waals surface area contributed by atoms with E-state index in [-0.39, 0.29) is 15.8 Å². The Kier molecular flexibility index (Phi) is 5.57. The Morgan fingerprint density at radius 1 is 0.560 bits per heavy atom.